The second kappa shape index (κ2) is 5.00. The molecule has 114 valence electrons. The largest absolute Gasteiger partial charge is 0.469 e. The van der Waals surface area contributed by atoms with Crippen LogP contribution in [0.1, 0.15) is 46.5 Å². The van der Waals surface area contributed by atoms with E-state index in [1.165, 1.54) is 12.8 Å². The van der Waals surface area contributed by atoms with E-state index in [0.29, 0.717) is 36.0 Å². The van der Waals surface area contributed by atoms with Crippen molar-refractivity contribution in [2.45, 2.75) is 58.5 Å². The Kier molecular flexibility index (Phi) is 3.59. The maximum atomic E-state index is 9.19. The molecule has 1 saturated carbocycles. The maximum absolute atomic E-state index is 9.19. The van der Waals surface area contributed by atoms with Crippen molar-refractivity contribution in [2.75, 3.05) is 0 Å². The van der Waals surface area contributed by atoms with Crippen molar-refractivity contribution in [1.29, 1.82) is 0 Å². The minimum Gasteiger partial charge on any atom is -0.469 e. The van der Waals surface area contributed by atoms with Gasteiger partial charge in [-0.25, -0.2) is 10.1 Å². The van der Waals surface area contributed by atoms with Gasteiger partial charge in [-0.1, -0.05) is 26.8 Å². The van der Waals surface area contributed by atoms with E-state index in [9.17, 15) is 5.26 Å². The number of hydrogen-bond donors (Lipinski definition) is 1. The molecule has 4 nitrogen and oxygen atoms in total. The molecule has 3 rings (SSSR count). The molecule has 0 aromatic heterocycles. The zero-order valence-corrected chi connectivity index (χ0v) is 12.7. The van der Waals surface area contributed by atoms with Crippen LogP contribution in [0.15, 0.2) is 12.3 Å². The summed E-state index contributed by atoms with van der Waals surface area (Å²) in [6.45, 7) is 10.4. The smallest absolute Gasteiger partial charge is 0.205 e. The SMILES string of the molecule is C=C1OC2O[C@](C)(OO)CCC3C2C(CC[C@H]3C)[C@H]1C. The highest BCUT2D eigenvalue weighted by Crippen LogP contribution is 2.53. The molecule has 0 aromatic carbocycles. The Morgan fingerprint density at radius 2 is 2.00 bits per heavy atom. The van der Waals surface area contributed by atoms with Crippen LogP contribution in [0.4, 0.5) is 0 Å². The van der Waals surface area contributed by atoms with E-state index in [1.54, 1.807) is 6.92 Å². The molecule has 2 saturated heterocycles. The molecule has 7 atom stereocenters. The average molecular weight is 282 g/mol. The van der Waals surface area contributed by atoms with Crippen molar-refractivity contribution in [3.8, 4) is 0 Å². The molecule has 2 aliphatic heterocycles. The van der Waals surface area contributed by atoms with Gasteiger partial charge in [-0.15, -0.1) is 0 Å². The second-order valence-corrected chi connectivity index (χ2v) is 7.08. The molecule has 0 spiro atoms. The van der Waals surface area contributed by atoms with Crippen LogP contribution in [0.3, 0.4) is 0 Å². The Morgan fingerprint density at radius 1 is 1.25 bits per heavy atom. The van der Waals surface area contributed by atoms with Crippen LogP contribution in [0, 0.1) is 29.6 Å². The fraction of sp³-hybridized carbons (Fsp3) is 0.875. The molecular formula is C16H26O4. The maximum Gasteiger partial charge on any atom is 0.205 e. The summed E-state index contributed by atoms with van der Waals surface area (Å²) >= 11 is 0. The molecule has 4 unspecified atom stereocenters. The van der Waals surface area contributed by atoms with Crippen LogP contribution in [0.25, 0.3) is 0 Å². The highest BCUT2D eigenvalue weighted by atomic mass is 17.1. The molecule has 3 aliphatic rings. The quantitative estimate of drug-likeness (QED) is 0.587. The van der Waals surface area contributed by atoms with Crippen molar-refractivity contribution in [1.82, 2.24) is 0 Å². The summed E-state index contributed by atoms with van der Waals surface area (Å²) in [6, 6.07) is 0. The van der Waals surface area contributed by atoms with Gasteiger partial charge in [0.25, 0.3) is 0 Å². The van der Waals surface area contributed by atoms with Gasteiger partial charge in [0.1, 0.15) is 0 Å². The minimum atomic E-state index is -0.965. The van der Waals surface area contributed by atoms with E-state index >= 15 is 0 Å². The lowest BCUT2D eigenvalue weighted by molar-refractivity contribution is -0.427. The number of rotatable bonds is 1. The molecule has 1 N–H and O–H groups in total. The van der Waals surface area contributed by atoms with Gasteiger partial charge in [0.05, 0.1) is 5.76 Å². The monoisotopic (exact) mass is 282 g/mol. The number of ether oxygens (including phenoxy) is 2. The molecule has 20 heavy (non-hydrogen) atoms. The van der Waals surface area contributed by atoms with Gasteiger partial charge < -0.3 is 9.47 Å². The first-order chi connectivity index (χ1) is 9.45. The predicted molar refractivity (Wildman–Crippen MR) is 74.5 cm³/mol. The molecule has 0 aromatic rings. The Morgan fingerprint density at radius 3 is 2.70 bits per heavy atom. The highest BCUT2D eigenvalue weighted by molar-refractivity contribution is 5.04. The van der Waals surface area contributed by atoms with Crippen LogP contribution < -0.4 is 0 Å². The van der Waals surface area contributed by atoms with Gasteiger partial charge in [-0.05, 0) is 37.5 Å². The third-order valence-electron chi connectivity index (χ3n) is 5.90. The Balaban J connectivity index is 1.94. The van der Waals surface area contributed by atoms with E-state index in [2.05, 4.69) is 25.3 Å². The van der Waals surface area contributed by atoms with Crippen molar-refractivity contribution in [3.05, 3.63) is 12.3 Å². The molecule has 2 heterocycles. The van der Waals surface area contributed by atoms with Crippen LogP contribution in [0.5, 0.6) is 0 Å². The van der Waals surface area contributed by atoms with Crippen molar-refractivity contribution < 1.29 is 19.6 Å². The second-order valence-electron chi connectivity index (χ2n) is 7.08. The first-order valence-electron chi connectivity index (χ1n) is 7.81. The summed E-state index contributed by atoms with van der Waals surface area (Å²) < 4.78 is 12.0. The predicted octanol–water partition coefficient (Wildman–Crippen LogP) is 3.79. The molecule has 1 aliphatic carbocycles. The molecule has 0 amide bonds. The minimum absolute atomic E-state index is 0.337. The summed E-state index contributed by atoms with van der Waals surface area (Å²) in [5, 5.41) is 9.19. The van der Waals surface area contributed by atoms with Crippen molar-refractivity contribution in [3.63, 3.8) is 0 Å². The van der Waals surface area contributed by atoms with E-state index in [4.69, 9.17) is 9.47 Å². The zero-order valence-electron chi connectivity index (χ0n) is 12.7. The highest BCUT2D eigenvalue weighted by Gasteiger charge is 2.53. The van der Waals surface area contributed by atoms with Crippen LogP contribution >= 0.6 is 0 Å². The summed E-state index contributed by atoms with van der Waals surface area (Å²) in [6.07, 6.45) is 3.84. The Bertz CT molecular complexity index is 396. The summed E-state index contributed by atoms with van der Waals surface area (Å²) in [4.78, 5) is 4.62. The fourth-order valence-corrected chi connectivity index (χ4v) is 4.50. The lowest BCUT2D eigenvalue weighted by atomic mass is 9.61. The van der Waals surface area contributed by atoms with Gasteiger partial charge in [0.15, 0.2) is 0 Å². The van der Waals surface area contributed by atoms with Crippen molar-refractivity contribution in [2.24, 2.45) is 29.6 Å². The summed E-state index contributed by atoms with van der Waals surface area (Å²) in [5.41, 5.74) is 0. The first kappa shape index (κ1) is 14.4. The first-order valence-corrected chi connectivity index (χ1v) is 7.81. The van der Waals surface area contributed by atoms with Gasteiger partial charge in [0, 0.05) is 18.3 Å². The third-order valence-corrected chi connectivity index (χ3v) is 5.90. The van der Waals surface area contributed by atoms with Crippen LogP contribution in [-0.4, -0.2) is 17.3 Å². The summed E-state index contributed by atoms with van der Waals surface area (Å²) in [5.74, 6) is 2.44. The van der Waals surface area contributed by atoms with E-state index in [1.807, 2.05) is 0 Å². The summed E-state index contributed by atoms with van der Waals surface area (Å²) in [7, 11) is 0. The molecule has 0 bridgehead atoms. The molecule has 4 heteroatoms. The van der Waals surface area contributed by atoms with Gasteiger partial charge in [-0.2, -0.15) is 0 Å². The average Bonchev–Trinajstić information content (AvgIpc) is 2.57. The van der Waals surface area contributed by atoms with Gasteiger partial charge in [-0.3, -0.25) is 0 Å². The standard InChI is InChI=1S/C16H26O4/c1-9-5-6-13-10(2)11(3)18-15-14(13)12(9)7-8-16(4,19-15)20-17/h9-10,12-15,17H,3,5-8H2,1-2,4H3/t9-,10+,12?,13?,14?,15?,16-/m1/s1. The molecular weight excluding hydrogens is 256 g/mol. The van der Waals surface area contributed by atoms with E-state index < -0.39 is 5.79 Å². The van der Waals surface area contributed by atoms with E-state index in [-0.39, 0.29) is 6.29 Å². The fourth-order valence-electron chi connectivity index (χ4n) is 4.50. The molecule has 3 fully saturated rings. The van der Waals surface area contributed by atoms with E-state index in [0.717, 1.165) is 12.2 Å². The zero-order chi connectivity index (χ0) is 14.5. The number of hydrogen-bond acceptors (Lipinski definition) is 4. The Hall–Kier alpha value is -0.580. The lowest BCUT2D eigenvalue weighted by Crippen LogP contribution is -2.49. The normalized spacial score (nSPS) is 51.9. The third kappa shape index (κ3) is 2.18. The lowest BCUT2D eigenvalue weighted by Gasteiger charge is -2.50. The Labute approximate surface area is 121 Å². The van der Waals surface area contributed by atoms with Crippen molar-refractivity contribution >= 4 is 0 Å². The van der Waals surface area contributed by atoms with Crippen LogP contribution in [0.2, 0.25) is 0 Å². The van der Waals surface area contributed by atoms with Gasteiger partial charge in [0.2, 0.25) is 12.1 Å². The topological polar surface area (TPSA) is 47.9 Å². The van der Waals surface area contributed by atoms with Gasteiger partial charge >= 0.3 is 0 Å². The number of allylic oxidation sites excluding steroid dienone is 1. The molecule has 0 radical (unpaired) electrons. The van der Waals surface area contributed by atoms with Crippen LogP contribution in [-0.2, 0) is 14.4 Å².